The Hall–Kier alpha value is -3.34. The summed E-state index contributed by atoms with van der Waals surface area (Å²) in [5.74, 6) is 0.514. The molecule has 10 heteroatoms. The summed E-state index contributed by atoms with van der Waals surface area (Å²) < 4.78 is 25.3. The van der Waals surface area contributed by atoms with Crippen molar-refractivity contribution in [2.75, 3.05) is 32.9 Å². The smallest absolute Gasteiger partial charge is 0.272 e. The molecule has 0 radical (unpaired) electrons. The average molecular weight is 526 g/mol. The van der Waals surface area contributed by atoms with Gasteiger partial charge in [0.2, 0.25) is 0 Å². The van der Waals surface area contributed by atoms with Crippen molar-refractivity contribution in [1.82, 2.24) is 25.3 Å². The fourth-order valence-corrected chi connectivity index (χ4v) is 4.62. The molecular formula is C28H36FN5O4. The van der Waals surface area contributed by atoms with Crippen molar-refractivity contribution in [1.29, 1.82) is 0 Å². The average Bonchev–Trinajstić information content (AvgIpc) is 3.29. The second-order valence-electron chi connectivity index (χ2n) is 9.92. The quantitative estimate of drug-likeness (QED) is 0.317. The van der Waals surface area contributed by atoms with E-state index in [2.05, 4.69) is 20.3 Å². The first-order valence-electron chi connectivity index (χ1n) is 13.1. The van der Waals surface area contributed by atoms with Crippen LogP contribution in [-0.2, 0) is 15.9 Å². The zero-order valence-corrected chi connectivity index (χ0v) is 22.2. The topological polar surface area (TPSA) is 125 Å². The molecule has 38 heavy (non-hydrogen) atoms. The minimum absolute atomic E-state index is 0.0463. The molecule has 2 aromatic heterocycles. The zero-order valence-electron chi connectivity index (χ0n) is 22.2. The number of aromatic nitrogens is 4. The molecule has 4 rings (SSSR count). The number of nitrogens with zero attached hydrogens (tertiary/aromatic N) is 1. The van der Waals surface area contributed by atoms with Crippen LogP contribution in [0.15, 0.2) is 33.9 Å². The van der Waals surface area contributed by atoms with Crippen molar-refractivity contribution in [3.8, 4) is 0 Å². The number of rotatable bonds is 10. The lowest BCUT2D eigenvalue weighted by molar-refractivity contribution is -0.116. The van der Waals surface area contributed by atoms with Crippen molar-refractivity contribution in [3.05, 3.63) is 84.3 Å². The Kier molecular flexibility index (Phi) is 9.09. The molecule has 0 saturated carbocycles. The predicted octanol–water partition coefficient (Wildman–Crippen LogP) is 1.42. The van der Waals surface area contributed by atoms with E-state index in [1.165, 1.54) is 24.3 Å². The molecule has 1 aliphatic heterocycles. The summed E-state index contributed by atoms with van der Waals surface area (Å²) in [4.78, 5) is 38.8. The fourth-order valence-electron chi connectivity index (χ4n) is 4.62. The molecule has 3 heterocycles. The highest BCUT2D eigenvalue weighted by Crippen LogP contribution is 2.23. The van der Waals surface area contributed by atoms with Crippen LogP contribution in [0.2, 0.25) is 0 Å². The van der Waals surface area contributed by atoms with Crippen LogP contribution in [0, 0.1) is 5.82 Å². The molecular weight excluding hydrogens is 489 g/mol. The third-order valence-electron chi connectivity index (χ3n) is 6.56. The highest BCUT2D eigenvalue weighted by molar-refractivity contribution is 5.49. The van der Waals surface area contributed by atoms with E-state index in [0.717, 1.165) is 37.4 Å². The number of morpholine rings is 1. The van der Waals surface area contributed by atoms with E-state index in [0.29, 0.717) is 37.5 Å². The lowest BCUT2D eigenvalue weighted by Gasteiger charge is -2.37. The predicted molar refractivity (Wildman–Crippen MR) is 144 cm³/mol. The Balaban J connectivity index is 1.57. The summed E-state index contributed by atoms with van der Waals surface area (Å²) >= 11 is 0. The van der Waals surface area contributed by atoms with Gasteiger partial charge >= 0.3 is 0 Å². The second kappa shape index (κ2) is 12.5. The Bertz CT molecular complexity index is 1470. The van der Waals surface area contributed by atoms with E-state index in [1.807, 2.05) is 20.8 Å². The van der Waals surface area contributed by atoms with Gasteiger partial charge in [0.1, 0.15) is 27.9 Å². The normalized spacial score (nSPS) is 19.0. The Labute approximate surface area is 220 Å². The first-order chi connectivity index (χ1) is 18.3. The molecule has 1 aliphatic rings. The number of imidazole rings is 1. The van der Waals surface area contributed by atoms with Gasteiger partial charge in [-0.25, -0.2) is 9.37 Å². The maximum absolute atomic E-state index is 13.5. The van der Waals surface area contributed by atoms with E-state index >= 15 is 0 Å². The highest BCUT2D eigenvalue weighted by atomic mass is 19.1. The molecule has 4 N–H and O–H groups in total. The molecule has 3 aromatic rings. The number of benzene rings is 1. The van der Waals surface area contributed by atoms with Crippen LogP contribution >= 0.6 is 0 Å². The molecule has 1 aromatic carbocycles. The number of hydrogen-bond donors (Lipinski definition) is 4. The standard InChI is InChI=1S/C28H36FN5O4/c1-4-37-17-28(16-30-11-12-38-28)10-6-9-24-31-21(25(34-24)18(2)3)15-23-27(36)32-22(26(35)33-23)14-19-7-5-8-20(29)13-19/h5,7-8,13-15,18,30H,4,6,9-12,16-17H2,1-3H3,(H,31,34)(H,32,36)(H,33,35)/b22-14-,23-15-. The van der Waals surface area contributed by atoms with Gasteiger partial charge in [-0.1, -0.05) is 26.0 Å². The van der Waals surface area contributed by atoms with Crippen LogP contribution in [-0.4, -0.2) is 58.4 Å². The van der Waals surface area contributed by atoms with Crippen molar-refractivity contribution in [3.63, 3.8) is 0 Å². The lowest BCUT2D eigenvalue weighted by atomic mass is 9.95. The van der Waals surface area contributed by atoms with Crippen LogP contribution in [0.25, 0.3) is 12.2 Å². The minimum atomic E-state index is -0.484. The van der Waals surface area contributed by atoms with Gasteiger partial charge in [0, 0.05) is 31.8 Å². The number of hydrogen-bond acceptors (Lipinski definition) is 6. The van der Waals surface area contributed by atoms with Crippen LogP contribution in [0.3, 0.4) is 0 Å². The molecule has 1 saturated heterocycles. The summed E-state index contributed by atoms with van der Waals surface area (Å²) in [7, 11) is 0. The molecule has 1 fully saturated rings. The molecule has 0 bridgehead atoms. The number of ether oxygens (including phenoxy) is 2. The van der Waals surface area contributed by atoms with Crippen molar-refractivity contribution < 1.29 is 13.9 Å². The third-order valence-corrected chi connectivity index (χ3v) is 6.56. The molecule has 204 valence electrons. The number of halogens is 1. The fraction of sp³-hybridized carbons (Fsp3) is 0.464. The van der Waals surface area contributed by atoms with Gasteiger partial charge in [0.05, 0.1) is 18.9 Å². The minimum Gasteiger partial charge on any atom is -0.379 e. The number of aromatic amines is 3. The van der Waals surface area contributed by atoms with Crippen molar-refractivity contribution in [2.24, 2.45) is 0 Å². The Morgan fingerprint density at radius 1 is 1.16 bits per heavy atom. The van der Waals surface area contributed by atoms with E-state index in [-0.39, 0.29) is 22.2 Å². The number of nitrogens with one attached hydrogen (secondary N) is 4. The van der Waals surface area contributed by atoms with Crippen LogP contribution in [0.1, 0.15) is 62.3 Å². The van der Waals surface area contributed by atoms with Gasteiger partial charge in [0.15, 0.2) is 0 Å². The summed E-state index contributed by atoms with van der Waals surface area (Å²) in [6.07, 6.45) is 5.41. The maximum Gasteiger partial charge on any atom is 0.272 e. The van der Waals surface area contributed by atoms with Gasteiger partial charge in [0.25, 0.3) is 11.1 Å². The number of aryl methyl sites for hydroxylation is 1. The van der Waals surface area contributed by atoms with Gasteiger partial charge in [-0.3, -0.25) is 9.59 Å². The zero-order chi connectivity index (χ0) is 27.1. The molecule has 1 atom stereocenters. The van der Waals surface area contributed by atoms with E-state index in [1.54, 1.807) is 12.1 Å². The number of H-pyrrole nitrogens is 3. The van der Waals surface area contributed by atoms with Crippen molar-refractivity contribution in [2.45, 2.75) is 51.6 Å². The third kappa shape index (κ3) is 6.94. The summed E-state index contributed by atoms with van der Waals surface area (Å²) in [6.45, 7) is 9.51. The first kappa shape index (κ1) is 27.7. The molecule has 1 unspecified atom stereocenters. The molecule has 0 amide bonds. The summed E-state index contributed by atoms with van der Waals surface area (Å²) in [5.41, 5.74) is 0.675. The van der Waals surface area contributed by atoms with E-state index in [9.17, 15) is 14.0 Å². The SMILES string of the molecule is CCOCC1(CCCc2nc(/C=c3\[nH]c(=O)/c(=C/c4cccc(F)c4)[nH]c3=O)c(C(C)C)[nH]2)CNCCO1. The maximum atomic E-state index is 13.5. The molecule has 9 nitrogen and oxygen atoms in total. The monoisotopic (exact) mass is 525 g/mol. The van der Waals surface area contributed by atoms with E-state index < -0.39 is 16.9 Å². The Morgan fingerprint density at radius 3 is 2.58 bits per heavy atom. The van der Waals surface area contributed by atoms with Gasteiger partial charge in [-0.05, 0) is 55.5 Å². The van der Waals surface area contributed by atoms with Crippen LogP contribution < -0.4 is 27.1 Å². The summed E-state index contributed by atoms with van der Waals surface area (Å²) in [5, 5.41) is 3.55. The van der Waals surface area contributed by atoms with Gasteiger partial charge in [-0.2, -0.15) is 0 Å². The summed E-state index contributed by atoms with van der Waals surface area (Å²) in [6, 6.07) is 5.78. The first-order valence-corrected chi connectivity index (χ1v) is 13.1. The largest absolute Gasteiger partial charge is 0.379 e. The Morgan fingerprint density at radius 2 is 1.92 bits per heavy atom. The van der Waals surface area contributed by atoms with Gasteiger partial charge < -0.3 is 29.7 Å². The second-order valence-corrected chi connectivity index (χ2v) is 9.92. The highest BCUT2D eigenvalue weighted by Gasteiger charge is 2.33. The van der Waals surface area contributed by atoms with E-state index in [4.69, 9.17) is 14.5 Å². The van der Waals surface area contributed by atoms with Gasteiger partial charge in [-0.15, -0.1) is 0 Å². The molecule has 0 aliphatic carbocycles. The van der Waals surface area contributed by atoms with Crippen molar-refractivity contribution >= 4 is 12.2 Å². The molecule has 0 spiro atoms. The van der Waals surface area contributed by atoms with Crippen LogP contribution in [0.4, 0.5) is 4.39 Å². The van der Waals surface area contributed by atoms with Crippen LogP contribution in [0.5, 0.6) is 0 Å². The lowest BCUT2D eigenvalue weighted by Crippen LogP contribution is -2.52.